The molecule has 0 aromatic carbocycles. The van der Waals surface area contributed by atoms with Crippen LogP contribution in [0, 0.1) is 16.0 Å². The summed E-state index contributed by atoms with van der Waals surface area (Å²) < 4.78 is 0. The van der Waals surface area contributed by atoms with E-state index in [1.807, 2.05) is 13.8 Å². The summed E-state index contributed by atoms with van der Waals surface area (Å²) in [7, 11) is 0. The number of aromatic nitrogens is 2. The van der Waals surface area contributed by atoms with E-state index in [4.69, 9.17) is 5.73 Å². The molecule has 0 amide bonds. The number of nitrogens with zero attached hydrogens (tertiary/aromatic N) is 3. The monoisotopic (exact) mass is 241 g/mol. The fraction of sp³-hybridized carbons (Fsp3) is 0.556. The molecule has 0 aliphatic carbocycles. The second kappa shape index (κ2) is 5.39. The van der Waals surface area contributed by atoms with Crippen molar-refractivity contribution in [1.82, 2.24) is 9.97 Å². The number of nitrogens with two attached hydrogens (primary N) is 1. The molecule has 8 nitrogen and oxygen atoms in total. The van der Waals surface area contributed by atoms with Crippen molar-refractivity contribution in [2.75, 3.05) is 17.6 Å². The standard InChI is InChI=1S/C9H15N5O3/c1-5(2)6(15)3-11-9-7(14(16)17)8(10)12-4-13-9/h4-6,15H,3H2,1-2H3,(H3,10,11,12,13). The molecule has 8 heteroatoms. The van der Waals surface area contributed by atoms with E-state index in [1.54, 1.807) is 0 Å². The van der Waals surface area contributed by atoms with Crippen LogP contribution in [0.15, 0.2) is 6.33 Å². The Morgan fingerprint density at radius 2 is 2.24 bits per heavy atom. The molecule has 1 unspecified atom stereocenters. The Kier molecular flexibility index (Phi) is 4.16. The van der Waals surface area contributed by atoms with E-state index in [2.05, 4.69) is 15.3 Å². The third kappa shape index (κ3) is 3.25. The van der Waals surface area contributed by atoms with Gasteiger partial charge in [-0.15, -0.1) is 0 Å². The van der Waals surface area contributed by atoms with Gasteiger partial charge in [0, 0.05) is 6.54 Å². The minimum absolute atomic E-state index is 0.0159. The molecular weight excluding hydrogens is 226 g/mol. The van der Waals surface area contributed by atoms with E-state index in [9.17, 15) is 15.2 Å². The van der Waals surface area contributed by atoms with Crippen molar-refractivity contribution in [2.24, 2.45) is 5.92 Å². The lowest BCUT2D eigenvalue weighted by Crippen LogP contribution is -2.25. The van der Waals surface area contributed by atoms with E-state index >= 15 is 0 Å². The van der Waals surface area contributed by atoms with E-state index in [0.717, 1.165) is 6.33 Å². The van der Waals surface area contributed by atoms with Crippen molar-refractivity contribution in [2.45, 2.75) is 20.0 Å². The number of rotatable bonds is 5. The molecule has 1 heterocycles. The molecule has 94 valence electrons. The molecule has 4 N–H and O–H groups in total. The number of anilines is 2. The zero-order valence-corrected chi connectivity index (χ0v) is 9.62. The number of nitrogens with one attached hydrogen (secondary N) is 1. The summed E-state index contributed by atoms with van der Waals surface area (Å²) in [6.45, 7) is 3.85. The highest BCUT2D eigenvalue weighted by Gasteiger charge is 2.21. The lowest BCUT2D eigenvalue weighted by molar-refractivity contribution is -0.383. The van der Waals surface area contributed by atoms with Crippen LogP contribution in [0.1, 0.15) is 13.8 Å². The number of nitro groups is 1. The van der Waals surface area contributed by atoms with Gasteiger partial charge < -0.3 is 16.2 Å². The van der Waals surface area contributed by atoms with Gasteiger partial charge in [0.25, 0.3) is 0 Å². The normalized spacial score (nSPS) is 12.5. The summed E-state index contributed by atoms with van der Waals surface area (Å²) in [5, 5.41) is 23.0. The first-order valence-corrected chi connectivity index (χ1v) is 5.10. The summed E-state index contributed by atoms with van der Waals surface area (Å²) >= 11 is 0. The predicted octanol–water partition coefficient (Wildman–Crippen LogP) is 0.396. The third-order valence-corrected chi connectivity index (χ3v) is 2.28. The molecule has 0 spiro atoms. The van der Waals surface area contributed by atoms with Crippen LogP contribution in [0.4, 0.5) is 17.3 Å². The second-order valence-corrected chi connectivity index (χ2v) is 3.91. The van der Waals surface area contributed by atoms with Crippen molar-refractivity contribution in [3.8, 4) is 0 Å². The first kappa shape index (κ1) is 13.1. The number of aliphatic hydroxyl groups excluding tert-OH is 1. The molecule has 1 aromatic rings. The highest BCUT2D eigenvalue weighted by atomic mass is 16.6. The van der Waals surface area contributed by atoms with Crippen molar-refractivity contribution < 1.29 is 10.0 Å². The van der Waals surface area contributed by atoms with Gasteiger partial charge in [-0.2, -0.15) is 0 Å². The molecule has 0 radical (unpaired) electrons. The van der Waals surface area contributed by atoms with Crippen LogP contribution in [-0.4, -0.2) is 32.6 Å². The summed E-state index contributed by atoms with van der Waals surface area (Å²) in [5.41, 5.74) is 5.02. The number of hydrogen-bond acceptors (Lipinski definition) is 7. The number of nitrogen functional groups attached to an aromatic ring is 1. The van der Waals surface area contributed by atoms with Gasteiger partial charge in [0.1, 0.15) is 6.33 Å². The van der Waals surface area contributed by atoms with Gasteiger partial charge in [-0.1, -0.05) is 13.8 Å². The van der Waals surface area contributed by atoms with E-state index in [-0.39, 0.29) is 29.8 Å². The quantitative estimate of drug-likeness (QED) is 0.502. The Morgan fingerprint density at radius 1 is 1.59 bits per heavy atom. The minimum atomic E-state index is -0.653. The predicted molar refractivity (Wildman–Crippen MR) is 62.4 cm³/mol. The SMILES string of the molecule is CC(C)C(O)CNc1ncnc(N)c1[N+](=O)[O-]. The van der Waals surface area contributed by atoms with Gasteiger partial charge in [-0.3, -0.25) is 10.1 Å². The maximum atomic E-state index is 10.8. The fourth-order valence-electron chi connectivity index (χ4n) is 1.14. The number of aliphatic hydroxyl groups is 1. The van der Waals surface area contributed by atoms with Crippen molar-refractivity contribution in [3.63, 3.8) is 0 Å². The highest BCUT2D eigenvalue weighted by molar-refractivity contribution is 5.67. The van der Waals surface area contributed by atoms with Crippen LogP contribution in [0.2, 0.25) is 0 Å². The summed E-state index contributed by atoms with van der Waals surface area (Å²) in [4.78, 5) is 17.4. The Morgan fingerprint density at radius 3 is 2.76 bits per heavy atom. The van der Waals surface area contributed by atoms with Crippen LogP contribution in [0.5, 0.6) is 0 Å². The Hall–Kier alpha value is -1.96. The average Bonchev–Trinajstić information content (AvgIpc) is 2.24. The van der Waals surface area contributed by atoms with Crippen LogP contribution in [0.25, 0.3) is 0 Å². The van der Waals surface area contributed by atoms with Gasteiger partial charge in [0.2, 0.25) is 11.6 Å². The Bertz CT molecular complexity index is 410. The van der Waals surface area contributed by atoms with Gasteiger partial charge in [-0.05, 0) is 5.92 Å². The van der Waals surface area contributed by atoms with Gasteiger partial charge >= 0.3 is 5.69 Å². The Balaban J connectivity index is 2.84. The van der Waals surface area contributed by atoms with Crippen LogP contribution >= 0.6 is 0 Å². The van der Waals surface area contributed by atoms with Gasteiger partial charge in [-0.25, -0.2) is 9.97 Å². The topological polar surface area (TPSA) is 127 Å². The maximum absolute atomic E-state index is 10.8. The second-order valence-electron chi connectivity index (χ2n) is 3.91. The van der Waals surface area contributed by atoms with E-state index in [0.29, 0.717) is 0 Å². The van der Waals surface area contributed by atoms with Crippen LogP contribution in [0.3, 0.4) is 0 Å². The lowest BCUT2D eigenvalue weighted by atomic mass is 10.1. The van der Waals surface area contributed by atoms with Crippen LogP contribution in [-0.2, 0) is 0 Å². The molecule has 0 saturated heterocycles. The molecule has 1 atom stereocenters. The van der Waals surface area contributed by atoms with Crippen molar-refractivity contribution in [3.05, 3.63) is 16.4 Å². The third-order valence-electron chi connectivity index (χ3n) is 2.28. The molecular formula is C9H15N5O3. The van der Waals surface area contributed by atoms with Crippen LogP contribution < -0.4 is 11.1 Å². The number of hydrogen-bond donors (Lipinski definition) is 3. The first-order valence-electron chi connectivity index (χ1n) is 5.10. The molecule has 1 rings (SSSR count). The van der Waals surface area contributed by atoms with Crippen molar-refractivity contribution >= 4 is 17.3 Å². The average molecular weight is 241 g/mol. The molecule has 17 heavy (non-hydrogen) atoms. The minimum Gasteiger partial charge on any atom is -0.391 e. The highest BCUT2D eigenvalue weighted by Crippen LogP contribution is 2.26. The van der Waals surface area contributed by atoms with E-state index in [1.165, 1.54) is 0 Å². The molecule has 0 aliphatic heterocycles. The van der Waals surface area contributed by atoms with E-state index < -0.39 is 11.0 Å². The molecule has 0 fully saturated rings. The lowest BCUT2D eigenvalue weighted by Gasteiger charge is -2.15. The van der Waals surface area contributed by atoms with Gasteiger partial charge in [0.05, 0.1) is 11.0 Å². The molecule has 0 aliphatic rings. The Labute approximate surface area is 98.0 Å². The molecule has 1 aromatic heterocycles. The summed E-state index contributed by atoms with van der Waals surface area (Å²) in [5.74, 6) is -0.144. The smallest absolute Gasteiger partial charge is 0.352 e. The van der Waals surface area contributed by atoms with Crippen molar-refractivity contribution in [1.29, 1.82) is 0 Å². The largest absolute Gasteiger partial charge is 0.391 e. The fourth-order valence-corrected chi connectivity index (χ4v) is 1.14. The summed E-state index contributed by atoms with van der Waals surface area (Å²) in [6, 6.07) is 0. The summed E-state index contributed by atoms with van der Waals surface area (Å²) in [6.07, 6.45) is 0.512. The molecule has 0 saturated carbocycles. The van der Waals surface area contributed by atoms with Gasteiger partial charge in [0.15, 0.2) is 0 Å². The molecule has 0 bridgehead atoms. The zero-order chi connectivity index (χ0) is 13.0. The zero-order valence-electron chi connectivity index (χ0n) is 9.62. The maximum Gasteiger partial charge on any atom is 0.352 e. The first-order chi connectivity index (χ1) is 7.93.